The van der Waals surface area contributed by atoms with E-state index in [4.69, 9.17) is 8.83 Å². The van der Waals surface area contributed by atoms with Crippen LogP contribution < -0.4 is 4.90 Å². The lowest BCUT2D eigenvalue weighted by atomic mass is 9.94. The van der Waals surface area contributed by atoms with E-state index in [-0.39, 0.29) is 0 Å². The fourth-order valence-corrected chi connectivity index (χ4v) is 8.41. The van der Waals surface area contributed by atoms with Crippen LogP contribution in [0.15, 0.2) is 221 Å². The van der Waals surface area contributed by atoms with Crippen LogP contribution in [0.3, 0.4) is 0 Å². The maximum absolute atomic E-state index is 6.97. The van der Waals surface area contributed by atoms with Crippen molar-refractivity contribution in [3.8, 4) is 44.5 Å². The fourth-order valence-electron chi connectivity index (χ4n) is 8.41. The number of hydrogen-bond acceptors (Lipinski definition) is 3. The Morgan fingerprint density at radius 1 is 0.263 bits per heavy atom. The van der Waals surface area contributed by atoms with Gasteiger partial charge in [0.25, 0.3) is 0 Å². The molecule has 0 spiro atoms. The first kappa shape index (κ1) is 32.8. The van der Waals surface area contributed by atoms with Crippen molar-refractivity contribution >= 4 is 60.9 Å². The fraction of sp³-hybridized carbons (Fsp3) is 0. The lowest BCUT2D eigenvalue weighted by Crippen LogP contribution is -2.10. The first-order valence-corrected chi connectivity index (χ1v) is 19.3. The van der Waals surface area contributed by atoms with Gasteiger partial charge < -0.3 is 13.7 Å². The minimum atomic E-state index is 0.838. The third-order valence-electron chi connectivity index (χ3n) is 11.1. The van der Waals surface area contributed by atoms with Crippen LogP contribution >= 0.6 is 0 Å². The molecule has 0 saturated carbocycles. The number of benzene rings is 9. The SMILES string of the molecule is c1ccc(-c2ccccc2-c2ccc(N(c3ccc(-c4cccc5c4oc4ccccc45)cc3)c3cccc4c3oc3c(-c5ccccc5)cccc34)cc2)cc1. The van der Waals surface area contributed by atoms with Gasteiger partial charge in [-0.1, -0.05) is 176 Å². The number of para-hydroxylation sites is 4. The highest BCUT2D eigenvalue weighted by atomic mass is 16.3. The van der Waals surface area contributed by atoms with Crippen LogP contribution in [0.25, 0.3) is 88.4 Å². The Hall–Kier alpha value is -7.62. The Balaban J connectivity index is 1.07. The largest absolute Gasteiger partial charge is 0.455 e. The molecular weight excluding hydrogens is 695 g/mol. The van der Waals surface area contributed by atoms with E-state index in [0.717, 1.165) is 88.8 Å². The van der Waals surface area contributed by atoms with E-state index in [2.05, 4.69) is 199 Å². The average molecular weight is 730 g/mol. The van der Waals surface area contributed by atoms with E-state index < -0.39 is 0 Å². The molecular formula is C54H35NO2. The van der Waals surface area contributed by atoms with E-state index in [0.29, 0.717) is 0 Å². The van der Waals surface area contributed by atoms with Crippen molar-refractivity contribution < 1.29 is 8.83 Å². The molecule has 3 heteroatoms. The normalized spacial score (nSPS) is 11.5. The second kappa shape index (κ2) is 13.6. The third-order valence-corrected chi connectivity index (χ3v) is 11.1. The zero-order valence-corrected chi connectivity index (χ0v) is 31.0. The zero-order chi connectivity index (χ0) is 37.7. The summed E-state index contributed by atoms with van der Waals surface area (Å²) in [5.41, 5.74) is 15.6. The zero-order valence-electron chi connectivity index (χ0n) is 31.0. The number of nitrogens with zero attached hydrogens (tertiary/aromatic N) is 1. The van der Waals surface area contributed by atoms with Gasteiger partial charge in [0, 0.05) is 44.0 Å². The van der Waals surface area contributed by atoms with Crippen molar-refractivity contribution in [1.29, 1.82) is 0 Å². The van der Waals surface area contributed by atoms with Crippen molar-refractivity contribution in [2.24, 2.45) is 0 Å². The van der Waals surface area contributed by atoms with Crippen molar-refractivity contribution in [2.45, 2.75) is 0 Å². The average Bonchev–Trinajstić information content (AvgIpc) is 3.87. The molecule has 0 N–H and O–H groups in total. The van der Waals surface area contributed by atoms with Crippen molar-refractivity contribution in [3.05, 3.63) is 212 Å². The predicted octanol–water partition coefficient (Wildman–Crippen LogP) is 15.6. The molecule has 3 nitrogen and oxygen atoms in total. The van der Waals surface area contributed by atoms with Crippen LogP contribution in [0.1, 0.15) is 0 Å². The minimum Gasteiger partial charge on any atom is -0.455 e. The Kier molecular flexibility index (Phi) is 7.82. The summed E-state index contributed by atoms with van der Waals surface area (Å²) in [6, 6.07) is 74.9. The lowest BCUT2D eigenvalue weighted by Gasteiger charge is -2.26. The standard InChI is InChI=1S/C54H35NO2/c1-3-14-36(15-4-1)42-18-7-8-19-43(42)38-28-32-40(33-29-38)55(41-34-30-39(31-35-41)45-22-11-23-47-46-20-9-10-27-51(46)56-52(45)47)50-26-13-25-49-48-24-12-21-44(53(48)57-54(49)50)37-16-5-2-6-17-37/h1-35H. The van der Waals surface area contributed by atoms with Crippen LogP contribution in [-0.2, 0) is 0 Å². The maximum atomic E-state index is 6.97. The summed E-state index contributed by atoms with van der Waals surface area (Å²) >= 11 is 0. The molecule has 268 valence electrons. The van der Waals surface area contributed by atoms with Gasteiger partial charge in [0.1, 0.15) is 16.7 Å². The molecule has 2 heterocycles. The molecule has 11 rings (SSSR count). The molecule has 0 atom stereocenters. The lowest BCUT2D eigenvalue weighted by molar-refractivity contribution is 0.670. The first-order chi connectivity index (χ1) is 28.3. The second-order valence-corrected chi connectivity index (χ2v) is 14.4. The van der Waals surface area contributed by atoms with Gasteiger partial charge in [-0.25, -0.2) is 0 Å². The molecule has 0 saturated heterocycles. The Morgan fingerprint density at radius 2 is 0.667 bits per heavy atom. The maximum Gasteiger partial charge on any atom is 0.159 e. The van der Waals surface area contributed by atoms with E-state index in [1.54, 1.807) is 0 Å². The molecule has 0 fully saturated rings. The highest BCUT2D eigenvalue weighted by Crippen LogP contribution is 2.45. The summed E-state index contributed by atoms with van der Waals surface area (Å²) in [6.45, 7) is 0. The van der Waals surface area contributed by atoms with Gasteiger partial charge in [0.05, 0.1) is 5.69 Å². The van der Waals surface area contributed by atoms with E-state index >= 15 is 0 Å². The van der Waals surface area contributed by atoms with Crippen LogP contribution in [0.4, 0.5) is 17.1 Å². The van der Waals surface area contributed by atoms with Gasteiger partial charge >= 0.3 is 0 Å². The van der Waals surface area contributed by atoms with Crippen molar-refractivity contribution in [2.75, 3.05) is 4.90 Å². The first-order valence-electron chi connectivity index (χ1n) is 19.3. The summed E-state index contributed by atoms with van der Waals surface area (Å²) in [5, 5.41) is 4.41. The summed E-state index contributed by atoms with van der Waals surface area (Å²) in [7, 11) is 0. The molecule has 9 aromatic carbocycles. The molecule has 11 aromatic rings. The van der Waals surface area contributed by atoms with Gasteiger partial charge in [-0.2, -0.15) is 0 Å². The van der Waals surface area contributed by atoms with Gasteiger partial charge in [-0.15, -0.1) is 0 Å². The van der Waals surface area contributed by atoms with E-state index in [9.17, 15) is 0 Å². The summed E-state index contributed by atoms with van der Waals surface area (Å²) in [6.07, 6.45) is 0. The second-order valence-electron chi connectivity index (χ2n) is 14.4. The van der Waals surface area contributed by atoms with Crippen molar-refractivity contribution in [3.63, 3.8) is 0 Å². The molecule has 0 radical (unpaired) electrons. The van der Waals surface area contributed by atoms with Crippen LogP contribution in [0.5, 0.6) is 0 Å². The van der Waals surface area contributed by atoms with Crippen molar-refractivity contribution in [1.82, 2.24) is 0 Å². The van der Waals surface area contributed by atoms with Crippen LogP contribution in [-0.4, -0.2) is 0 Å². The van der Waals surface area contributed by atoms with E-state index in [1.165, 1.54) is 16.7 Å². The van der Waals surface area contributed by atoms with Gasteiger partial charge in [-0.3, -0.25) is 0 Å². The monoisotopic (exact) mass is 729 g/mol. The molecule has 0 bridgehead atoms. The highest BCUT2D eigenvalue weighted by Gasteiger charge is 2.22. The Morgan fingerprint density at radius 3 is 1.28 bits per heavy atom. The molecule has 0 unspecified atom stereocenters. The number of furan rings is 2. The predicted molar refractivity (Wildman–Crippen MR) is 237 cm³/mol. The topological polar surface area (TPSA) is 29.5 Å². The number of hydrogen-bond donors (Lipinski definition) is 0. The molecule has 0 amide bonds. The highest BCUT2D eigenvalue weighted by molar-refractivity contribution is 6.14. The van der Waals surface area contributed by atoms with Crippen LogP contribution in [0, 0.1) is 0 Å². The molecule has 0 aliphatic heterocycles. The Labute approximate surface area is 330 Å². The van der Waals surface area contributed by atoms with Gasteiger partial charge in [0.2, 0.25) is 0 Å². The third kappa shape index (κ3) is 5.60. The number of anilines is 3. The number of rotatable bonds is 7. The number of fused-ring (bicyclic) bond motifs is 6. The van der Waals surface area contributed by atoms with Gasteiger partial charge in [0.15, 0.2) is 5.58 Å². The summed E-state index contributed by atoms with van der Waals surface area (Å²) in [4.78, 5) is 2.31. The van der Waals surface area contributed by atoms with Gasteiger partial charge in [-0.05, 0) is 69.8 Å². The van der Waals surface area contributed by atoms with Crippen LogP contribution in [0.2, 0.25) is 0 Å². The summed E-state index contributed by atoms with van der Waals surface area (Å²) in [5.74, 6) is 0. The molecule has 0 aliphatic carbocycles. The minimum absolute atomic E-state index is 0.838. The summed E-state index contributed by atoms with van der Waals surface area (Å²) < 4.78 is 13.4. The quantitative estimate of drug-likeness (QED) is 0.164. The van der Waals surface area contributed by atoms with E-state index in [1.807, 2.05) is 18.2 Å². The Bertz CT molecular complexity index is 3210. The molecule has 57 heavy (non-hydrogen) atoms. The molecule has 0 aliphatic rings. The smallest absolute Gasteiger partial charge is 0.159 e. The molecule has 2 aromatic heterocycles.